The summed E-state index contributed by atoms with van der Waals surface area (Å²) < 4.78 is 40.3. The van der Waals surface area contributed by atoms with Gasteiger partial charge in [0.05, 0.1) is 24.7 Å². The fraction of sp³-hybridized carbons (Fsp3) is 0.344. The van der Waals surface area contributed by atoms with Gasteiger partial charge in [-0.25, -0.2) is 13.1 Å². The standard InChI is InChI=1S/C32H37NO5S/c1-24-13-19-28(20-14-24)39(35,36)33-30-21-22-31(29(30)11-7-4-8-12-32(34)37-2)38-23-25-15-17-27(18-16-25)26-9-5-3-6-10-26/h3-7,9-10,13-20,29-31,33H,8,11-12,21-23H2,1-2H3/t29-,30+,31+/m1/s1. The first-order valence-corrected chi connectivity index (χ1v) is 14.9. The zero-order valence-corrected chi connectivity index (χ0v) is 23.4. The number of aryl methyl sites for hydroxylation is 1. The van der Waals surface area contributed by atoms with Crippen LogP contribution in [-0.4, -0.2) is 33.6 Å². The van der Waals surface area contributed by atoms with Crippen molar-refractivity contribution in [2.75, 3.05) is 7.11 Å². The molecule has 0 spiro atoms. The second-order valence-corrected chi connectivity index (χ2v) is 11.7. The summed E-state index contributed by atoms with van der Waals surface area (Å²) in [6.45, 7) is 2.39. The molecule has 0 aromatic heterocycles. The molecule has 0 heterocycles. The van der Waals surface area contributed by atoms with Crippen molar-refractivity contribution in [2.24, 2.45) is 5.92 Å². The Morgan fingerprint density at radius 3 is 2.31 bits per heavy atom. The lowest BCUT2D eigenvalue weighted by molar-refractivity contribution is -0.140. The van der Waals surface area contributed by atoms with Crippen LogP contribution in [0.1, 0.15) is 43.2 Å². The summed E-state index contributed by atoms with van der Waals surface area (Å²) in [6, 6.07) is 25.2. The van der Waals surface area contributed by atoms with Crippen LogP contribution in [0.3, 0.4) is 0 Å². The molecule has 1 aliphatic rings. The van der Waals surface area contributed by atoms with Crippen LogP contribution in [0.15, 0.2) is 95.9 Å². The van der Waals surface area contributed by atoms with Crippen molar-refractivity contribution in [1.29, 1.82) is 0 Å². The molecule has 6 nitrogen and oxygen atoms in total. The van der Waals surface area contributed by atoms with Crippen LogP contribution in [0.25, 0.3) is 11.1 Å². The second kappa shape index (κ2) is 13.7. The van der Waals surface area contributed by atoms with E-state index in [-0.39, 0.29) is 28.9 Å². The summed E-state index contributed by atoms with van der Waals surface area (Å²) in [4.78, 5) is 11.7. The Labute approximate surface area is 232 Å². The number of carbonyl (C=O) groups is 1. The van der Waals surface area contributed by atoms with E-state index < -0.39 is 10.0 Å². The topological polar surface area (TPSA) is 81.7 Å². The van der Waals surface area contributed by atoms with Crippen LogP contribution in [0.5, 0.6) is 0 Å². The smallest absolute Gasteiger partial charge is 0.305 e. The minimum Gasteiger partial charge on any atom is -0.469 e. The van der Waals surface area contributed by atoms with Crippen LogP contribution in [0.4, 0.5) is 0 Å². The van der Waals surface area contributed by atoms with Gasteiger partial charge in [0.25, 0.3) is 0 Å². The summed E-state index contributed by atoms with van der Waals surface area (Å²) >= 11 is 0. The van der Waals surface area contributed by atoms with Gasteiger partial charge in [0.2, 0.25) is 10.0 Å². The first kappa shape index (κ1) is 28.7. The first-order chi connectivity index (χ1) is 18.9. The maximum absolute atomic E-state index is 13.1. The van der Waals surface area contributed by atoms with Crippen molar-refractivity contribution >= 4 is 16.0 Å². The normalized spacial score (nSPS) is 19.4. The van der Waals surface area contributed by atoms with E-state index in [2.05, 4.69) is 41.1 Å². The maximum atomic E-state index is 13.1. The zero-order valence-electron chi connectivity index (χ0n) is 22.6. The predicted octanol–water partition coefficient (Wildman–Crippen LogP) is 6.20. The van der Waals surface area contributed by atoms with Gasteiger partial charge < -0.3 is 9.47 Å². The van der Waals surface area contributed by atoms with Crippen LogP contribution in [0, 0.1) is 12.8 Å². The van der Waals surface area contributed by atoms with Crippen molar-refractivity contribution in [3.63, 3.8) is 0 Å². The summed E-state index contributed by atoms with van der Waals surface area (Å²) in [5, 5.41) is 0. The fourth-order valence-corrected chi connectivity index (χ4v) is 6.31. The lowest BCUT2D eigenvalue weighted by Gasteiger charge is -2.25. The summed E-state index contributed by atoms with van der Waals surface area (Å²) in [5.74, 6) is -0.271. The molecule has 1 N–H and O–H groups in total. The molecule has 39 heavy (non-hydrogen) atoms. The largest absolute Gasteiger partial charge is 0.469 e. The van der Waals surface area contributed by atoms with Crippen LogP contribution < -0.4 is 4.72 Å². The third-order valence-electron chi connectivity index (χ3n) is 7.24. The average Bonchev–Trinajstić information content (AvgIpc) is 3.32. The van der Waals surface area contributed by atoms with E-state index in [9.17, 15) is 13.2 Å². The van der Waals surface area contributed by atoms with E-state index in [1.165, 1.54) is 12.7 Å². The molecule has 3 atom stereocenters. The number of methoxy groups -OCH3 is 1. The third-order valence-corrected chi connectivity index (χ3v) is 8.74. The molecule has 1 fully saturated rings. The molecule has 0 unspecified atom stereocenters. The minimum atomic E-state index is -3.66. The van der Waals surface area contributed by atoms with Crippen LogP contribution >= 0.6 is 0 Å². The van der Waals surface area contributed by atoms with E-state index >= 15 is 0 Å². The molecule has 3 aromatic rings. The molecule has 206 valence electrons. The van der Waals surface area contributed by atoms with Gasteiger partial charge in [-0.1, -0.05) is 84.4 Å². The van der Waals surface area contributed by atoms with Gasteiger partial charge in [-0.2, -0.15) is 0 Å². The maximum Gasteiger partial charge on any atom is 0.305 e. The fourth-order valence-electron chi connectivity index (χ4n) is 4.99. The Morgan fingerprint density at radius 2 is 1.62 bits per heavy atom. The Hall–Kier alpha value is -3.26. The number of allylic oxidation sites excluding steroid dienone is 2. The lowest BCUT2D eigenvalue weighted by atomic mass is 9.97. The Kier molecular flexibility index (Phi) is 10.1. The molecule has 0 amide bonds. The summed E-state index contributed by atoms with van der Waals surface area (Å²) in [7, 11) is -2.27. The minimum absolute atomic E-state index is 0.0248. The molecular weight excluding hydrogens is 510 g/mol. The number of rotatable bonds is 12. The number of hydrogen-bond donors (Lipinski definition) is 1. The average molecular weight is 548 g/mol. The third kappa shape index (κ3) is 8.12. The Bertz CT molecular complexity index is 1340. The van der Waals surface area contributed by atoms with Crippen molar-refractivity contribution in [1.82, 2.24) is 4.72 Å². The number of sulfonamides is 1. The second-order valence-electron chi connectivity index (χ2n) is 10.0. The number of nitrogens with one attached hydrogen (secondary N) is 1. The van der Waals surface area contributed by atoms with E-state index in [0.717, 1.165) is 23.1 Å². The predicted molar refractivity (Wildman–Crippen MR) is 153 cm³/mol. The number of carbonyl (C=O) groups excluding carboxylic acids is 1. The van der Waals surface area contributed by atoms with Crippen molar-refractivity contribution in [3.05, 3.63) is 102 Å². The van der Waals surface area contributed by atoms with E-state index in [1.807, 2.05) is 37.3 Å². The van der Waals surface area contributed by atoms with Gasteiger partial charge in [-0.3, -0.25) is 4.79 Å². The van der Waals surface area contributed by atoms with Crippen molar-refractivity contribution in [2.45, 2.75) is 62.7 Å². The SMILES string of the molecule is COC(=O)CCC=CC[C@@H]1[C@@H](NS(=O)(=O)c2ccc(C)cc2)CC[C@@H]1OCc1ccc(-c2ccccc2)cc1. The number of ether oxygens (including phenoxy) is 2. The van der Waals surface area contributed by atoms with Gasteiger partial charge >= 0.3 is 5.97 Å². The van der Waals surface area contributed by atoms with Gasteiger partial charge in [0.15, 0.2) is 0 Å². The number of hydrogen-bond acceptors (Lipinski definition) is 5. The van der Waals surface area contributed by atoms with Crippen molar-refractivity contribution < 1.29 is 22.7 Å². The van der Waals surface area contributed by atoms with Crippen LogP contribution in [0.2, 0.25) is 0 Å². The Balaban J connectivity index is 1.42. The summed E-state index contributed by atoms with van der Waals surface area (Å²) in [6.07, 6.45) is 6.91. The van der Waals surface area contributed by atoms with E-state index in [4.69, 9.17) is 9.47 Å². The van der Waals surface area contributed by atoms with Gasteiger partial charge in [-0.05, 0) is 61.4 Å². The summed E-state index contributed by atoms with van der Waals surface area (Å²) in [5.41, 5.74) is 4.41. The molecule has 0 bridgehead atoms. The zero-order chi connectivity index (χ0) is 27.7. The molecule has 0 radical (unpaired) electrons. The van der Waals surface area contributed by atoms with Crippen LogP contribution in [-0.2, 0) is 30.9 Å². The molecule has 4 rings (SSSR count). The highest BCUT2D eigenvalue weighted by Gasteiger charge is 2.38. The molecule has 7 heteroatoms. The lowest BCUT2D eigenvalue weighted by Crippen LogP contribution is -2.39. The van der Waals surface area contributed by atoms with E-state index in [0.29, 0.717) is 32.3 Å². The molecular formula is C32H37NO5S. The quantitative estimate of drug-likeness (QED) is 0.216. The van der Waals surface area contributed by atoms with Gasteiger partial charge in [0, 0.05) is 18.4 Å². The molecule has 1 aliphatic carbocycles. The van der Waals surface area contributed by atoms with E-state index in [1.54, 1.807) is 24.3 Å². The number of esters is 1. The highest BCUT2D eigenvalue weighted by atomic mass is 32.2. The number of benzene rings is 3. The van der Waals surface area contributed by atoms with Gasteiger partial charge in [-0.15, -0.1) is 0 Å². The highest BCUT2D eigenvalue weighted by Crippen LogP contribution is 2.34. The molecule has 0 aliphatic heterocycles. The molecule has 0 saturated heterocycles. The highest BCUT2D eigenvalue weighted by molar-refractivity contribution is 7.89. The monoisotopic (exact) mass is 547 g/mol. The first-order valence-electron chi connectivity index (χ1n) is 13.4. The van der Waals surface area contributed by atoms with Crippen molar-refractivity contribution in [3.8, 4) is 11.1 Å². The molecule has 1 saturated carbocycles. The van der Waals surface area contributed by atoms with Gasteiger partial charge in [0.1, 0.15) is 0 Å². The molecule has 3 aromatic carbocycles. The Morgan fingerprint density at radius 1 is 0.923 bits per heavy atom.